The third-order valence-corrected chi connectivity index (χ3v) is 4.69. The number of benzene rings is 1. The molecule has 2 amide bonds. The fraction of sp³-hybridized carbons (Fsp3) is 0.500. The van der Waals surface area contributed by atoms with E-state index >= 15 is 0 Å². The quantitative estimate of drug-likeness (QED) is 0.780. The molecule has 20 heavy (non-hydrogen) atoms. The van der Waals surface area contributed by atoms with E-state index in [2.05, 4.69) is 0 Å². The highest BCUT2D eigenvalue weighted by Crippen LogP contribution is 2.37. The summed E-state index contributed by atoms with van der Waals surface area (Å²) in [7, 11) is 0. The third-order valence-electron chi connectivity index (χ3n) is 4.69. The lowest BCUT2D eigenvalue weighted by Gasteiger charge is -2.26. The van der Waals surface area contributed by atoms with Crippen LogP contribution in [0.3, 0.4) is 0 Å². The number of carbonyl (C=O) groups is 2. The molecule has 0 atom stereocenters. The largest absolute Gasteiger partial charge is 0.339 e. The highest BCUT2D eigenvalue weighted by atomic mass is 16.2. The van der Waals surface area contributed by atoms with Crippen molar-refractivity contribution in [2.24, 2.45) is 0 Å². The van der Waals surface area contributed by atoms with Crippen molar-refractivity contribution < 1.29 is 9.59 Å². The first-order valence-electron chi connectivity index (χ1n) is 7.49. The fourth-order valence-electron chi connectivity index (χ4n) is 3.68. The van der Waals surface area contributed by atoms with Crippen LogP contribution in [0.15, 0.2) is 12.1 Å². The van der Waals surface area contributed by atoms with Gasteiger partial charge in [0.2, 0.25) is 5.91 Å². The second-order valence-corrected chi connectivity index (χ2v) is 5.94. The molecule has 0 spiro atoms. The van der Waals surface area contributed by atoms with E-state index in [9.17, 15) is 9.59 Å². The van der Waals surface area contributed by atoms with Crippen LogP contribution in [0.1, 0.15) is 40.7 Å². The smallest absolute Gasteiger partial charge is 0.253 e. The van der Waals surface area contributed by atoms with Gasteiger partial charge in [-0.15, -0.1) is 0 Å². The summed E-state index contributed by atoms with van der Waals surface area (Å²) in [6.07, 6.45) is 4.47. The standard InChI is InChI=1S/C16H18N2O2/c19-14-4-3-11-9-13(16(20)17-6-1-2-7-17)10-12-5-8-18(14)15(11)12/h9-10H,1-8H2. The molecule has 0 unspecified atom stereocenters. The van der Waals surface area contributed by atoms with Crippen molar-refractivity contribution in [3.63, 3.8) is 0 Å². The van der Waals surface area contributed by atoms with Crippen molar-refractivity contribution in [3.8, 4) is 0 Å². The van der Waals surface area contributed by atoms with Gasteiger partial charge >= 0.3 is 0 Å². The van der Waals surface area contributed by atoms with Gasteiger partial charge in [-0.25, -0.2) is 0 Å². The van der Waals surface area contributed by atoms with E-state index < -0.39 is 0 Å². The van der Waals surface area contributed by atoms with E-state index in [1.165, 1.54) is 11.1 Å². The van der Waals surface area contributed by atoms with E-state index in [0.717, 1.165) is 56.6 Å². The maximum absolute atomic E-state index is 12.5. The predicted octanol–water partition coefficient (Wildman–Crippen LogP) is 1.76. The Labute approximate surface area is 118 Å². The zero-order chi connectivity index (χ0) is 13.7. The van der Waals surface area contributed by atoms with Gasteiger partial charge < -0.3 is 9.80 Å². The zero-order valence-corrected chi connectivity index (χ0v) is 11.5. The van der Waals surface area contributed by atoms with Crippen LogP contribution in [-0.2, 0) is 17.6 Å². The molecule has 0 bridgehead atoms. The number of hydrogen-bond acceptors (Lipinski definition) is 2. The van der Waals surface area contributed by atoms with Gasteiger partial charge in [-0.05, 0) is 48.9 Å². The molecule has 4 heteroatoms. The number of rotatable bonds is 1. The highest BCUT2D eigenvalue weighted by molar-refractivity contribution is 6.01. The number of aryl methyl sites for hydroxylation is 1. The van der Waals surface area contributed by atoms with Crippen LogP contribution in [0.5, 0.6) is 0 Å². The van der Waals surface area contributed by atoms with Gasteiger partial charge in [-0.1, -0.05) is 0 Å². The minimum absolute atomic E-state index is 0.164. The molecule has 0 aromatic heterocycles. The summed E-state index contributed by atoms with van der Waals surface area (Å²) >= 11 is 0. The first-order chi connectivity index (χ1) is 9.74. The van der Waals surface area contributed by atoms with E-state index in [-0.39, 0.29) is 11.8 Å². The number of amides is 2. The molecule has 0 radical (unpaired) electrons. The van der Waals surface area contributed by atoms with E-state index in [1.54, 1.807) is 0 Å². The van der Waals surface area contributed by atoms with Crippen molar-refractivity contribution in [1.82, 2.24) is 4.90 Å². The number of hydrogen-bond donors (Lipinski definition) is 0. The zero-order valence-electron chi connectivity index (χ0n) is 11.5. The summed E-state index contributed by atoms with van der Waals surface area (Å²) in [5, 5.41) is 0. The molecule has 3 aliphatic heterocycles. The summed E-state index contributed by atoms with van der Waals surface area (Å²) in [4.78, 5) is 28.3. The molecule has 1 saturated heterocycles. The van der Waals surface area contributed by atoms with Gasteiger partial charge in [0.1, 0.15) is 0 Å². The molecule has 3 heterocycles. The minimum Gasteiger partial charge on any atom is -0.339 e. The molecule has 4 nitrogen and oxygen atoms in total. The summed E-state index contributed by atoms with van der Waals surface area (Å²) in [5.41, 5.74) is 4.27. The number of anilines is 1. The van der Waals surface area contributed by atoms with E-state index in [0.29, 0.717) is 6.42 Å². The number of carbonyl (C=O) groups excluding carboxylic acids is 2. The molecular formula is C16H18N2O2. The van der Waals surface area contributed by atoms with Crippen LogP contribution in [0.25, 0.3) is 0 Å². The van der Waals surface area contributed by atoms with Gasteiger partial charge in [0, 0.05) is 31.6 Å². The van der Waals surface area contributed by atoms with Crippen LogP contribution in [0, 0.1) is 0 Å². The van der Waals surface area contributed by atoms with Crippen LogP contribution in [-0.4, -0.2) is 36.3 Å². The molecule has 1 fully saturated rings. The third kappa shape index (κ3) is 1.67. The van der Waals surface area contributed by atoms with Crippen LogP contribution in [0.4, 0.5) is 5.69 Å². The Hall–Kier alpha value is -1.84. The normalized spacial score (nSPS) is 20.5. The van der Waals surface area contributed by atoms with Crippen molar-refractivity contribution in [3.05, 3.63) is 28.8 Å². The topological polar surface area (TPSA) is 40.6 Å². The Balaban J connectivity index is 1.74. The lowest BCUT2D eigenvalue weighted by atomic mass is 9.96. The fourth-order valence-corrected chi connectivity index (χ4v) is 3.68. The van der Waals surface area contributed by atoms with E-state index in [4.69, 9.17) is 0 Å². The highest BCUT2D eigenvalue weighted by Gasteiger charge is 2.32. The van der Waals surface area contributed by atoms with Gasteiger partial charge in [0.25, 0.3) is 5.91 Å². The number of likely N-dealkylation sites (tertiary alicyclic amines) is 1. The molecule has 104 valence electrons. The average Bonchev–Trinajstić information content (AvgIpc) is 3.12. The van der Waals surface area contributed by atoms with Crippen LogP contribution >= 0.6 is 0 Å². The van der Waals surface area contributed by atoms with Crippen molar-refractivity contribution in [2.75, 3.05) is 24.5 Å². The van der Waals surface area contributed by atoms with Crippen LogP contribution in [0.2, 0.25) is 0 Å². The lowest BCUT2D eigenvalue weighted by Crippen LogP contribution is -2.33. The van der Waals surface area contributed by atoms with Gasteiger partial charge in [0.15, 0.2) is 0 Å². The Morgan fingerprint density at radius 2 is 1.65 bits per heavy atom. The monoisotopic (exact) mass is 270 g/mol. The van der Waals surface area contributed by atoms with Crippen molar-refractivity contribution in [1.29, 1.82) is 0 Å². The first-order valence-corrected chi connectivity index (χ1v) is 7.49. The Kier molecular flexibility index (Phi) is 2.59. The first kappa shape index (κ1) is 11.9. The number of nitrogens with zero attached hydrogens (tertiary/aromatic N) is 2. The Morgan fingerprint density at radius 3 is 2.40 bits per heavy atom. The minimum atomic E-state index is 0.164. The average molecular weight is 270 g/mol. The van der Waals surface area contributed by atoms with Gasteiger partial charge in [-0.3, -0.25) is 9.59 Å². The molecule has 0 saturated carbocycles. The summed E-state index contributed by atoms with van der Waals surface area (Å²) < 4.78 is 0. The van der Waals surface area contributed by atoms with E-state index in [1.807, 2.05) is 21.9 Å². The predicted molar refractivity (Wildman–Crippen MR) is 76.0 cm³/mol. The second kappa shape index (κ2) is 4.33. The SMILES string of the molecule is O=C(c1cc2c3c(c1)CCN3C(=O)CC2)N1CCCC1. The Morgan fingerprint density at radius 1 is 0.950 bits per heavy atom. The molecule has 4 rings (SSSR count). The molecule has 1 aromatic rings. The second-order valence-electron chi connectivity index (χ2n) is 5.94. The van der Waals surface area contributed by atoms with Crippen molar-refractivity contribution >= 4 is 17.5 Å². The van der Waals surface area contributed by atoms with Gasteiger partial charge in [-0.2, -0.15) is 0 Å². The molecule has 0 aliphatic carbocycles. The maximum Gasteiger partial charge on any atom is 0.253 e. The lowest BCUT2D eigenvalue weighted by molar-refractivity contribution is -0.118. The Bertz CT molecular complexity index is 603. The van der Waals surface area contributed by atoms with Gasteiger partial charge in [0.05, 0.1) is 5.69 Å². The van der Waals surface area contributed by atoms with Crippen molar-refractivity contribution in [2.45, 2.75) is 32.1 Å². The molecule has 3 aliphatic rings. The molecule has 0 N–H and O–H groups in total. The molecule has 1 aromatic carbocycles. The maximum atomic E-state index is 12.5. The summed E-state index contributed by atoms with van der Waals surface area (Å²) in [6, 6.07) is 4.03. The summed E-state index contributed by atoms with van der Waals surface area (Å²) in [6.45, 7) is 2.55. The summed E-state index contributed by atoms with van der Waals surface area (Å²) in [5.74, 6) is 0.395. The van der Waals surface area contributed by atoms with Crippen LogP contribution < -0.4 is 4.90 Å². The molecular weight excluding hydrogens is 252 g/mol.